The van der Waals surface area contributed by atoms with Crippen LogP contribution >= 0.6 is 11.3 Å². The highest BCUT2D eigenvalue weighted by Gasteiger charge is 2.20. The van der Waals surface area contributed by atoms with Crippen molar-refractivity contribution in [1.29, 1.82) is 0 Å². The van der Waals surface area contributed by atoms with Crippen molar-refractivity contribution in [2.45, 2.75) is 13.0 Å². The Morgan fingerprint density at radius 2 is 1.93 bits per heavy atom. The monoisotopic (exact) mass is 412 g/mol. The molecule has 0 atom stereocenters. The molecule has 0 saturated carbocycles. The van der Waals surface area contributed by atoms with Gasteiger partial charge in [-0.25, -0.2) is 0 Å². The molecule has 2 amide bonds. The standard InChI is InChI=1S/C21H20N2O5S/c24-20(7-8-22-21(25)18-4-1-9-26-18)23(14-16-3-2-12-29-16)15-5-6-17-19(13-15)28-11-10-27-17/h1-6,9,12-13H,7-8,10-11,14H2,(H,22,25). The van der Waals surface area contributed by atoms with E-state index in [1.165, 1.54) is 6.26 Å². The van der Waals surface area contributed by atoms with Gasteiger partial charge >= 0.3 is 0 Å². The van der Waals surface area contributed by atoms with Crippen molar-refractivity contribution in [3.8, 4) is 11.5 Å². The van der Waals surface area contributed by atoms with Crippen LogP contribution in [-0.4, -0.2) is 31.6 Å². The molecule has 29 heavy (non-hydrogen) atoms. The van der Waals surface area contributed by atoms with E-state index in [-0.39, 0.29) is 30.5 Å². The topological polar surface area (TPSA) is 81.0 Å². The van der Waals surface area contributed by atoms with E-state index < -0.39 is 0 Å². The van der Waals surface area contributed by atoms with Crippen LogP contribution in [0.2, 0.25) is 0 Å². The highest BCUT2D eigenvalue weighted by molar-refractivity contribution is 7.09. The third kappa shape index (κ3) is 4.60. The number of hydrogen-bond donors (Lipinski definition) is 1. The molecule has 7 nitrogen and oxygen atoms in total. The average molecular weight is 412 g/mol. The molecule has 3 aromatic rings. The van der Waals surface area contributed by atoms with Crippen molar-refractivity contribution < 1.29 is 23.5 Å². The molecule has 4 rings (SSSR count). The van der Waals surface area contributed by atoms with Gasteiger partial charge in [-0.05, 0) is 35.7 Å². The number of amides is 2. The summed E-state index contributed by atoms with van der Waals surface area (Å²) in [6, 6.07) is 12.6. The number of nitrogens with zero attached hydrogens (tertiary/aromatic N) is 1. The third-order valence-corrected chi connectivity index (χ3v) is 5.26. The Kier molecular flexibility index (Phi) is 5.81. The van der Waals surface area contributed by atoms with E-state index >= 15 is 0 Å². The first-order chi connectivity index (χ1) is 14.2. The number of fused-ring (bicyclic) bond motifs is 1. The van der Waals surface area contributed by atoms with Crippen LogP contribution < -0.4 is 19.7 Å². The van der Waals surface area contributed by atoms with E-state index in [1.807, 2.05) is 35.7 Å². The Hall–Kier alpha value is -3.26. The number of hydrogen-bond acceptors (Lipinski definition) is 6. The Bertz CT molecular complexity index is 969. The molecular formula is C21H20N2O5S. The second kappa shape index (κ2) is 8.83. The Balaban J connectivity index is 1.46. The Morgan fingerprint density at radius 3 is 2.69 bits per heavy atom. The van der Waals surface area contributed by atoms with Gasteiger partial charge in [0.2, 0.25) is 5.91 Å². The maximum Gasteiger partial charge on any atom is 0.286 e. The second-order valence-corrected chi connectivity index (χ2v) is 7.40. The van der Waals surface area contributed by atoms with Crippen molar-refractivity contribution in [3.63, 3.8) is 0 Å². The van der Waals surface area contributed by atoms with E-state index in [2.05, 4.69) is 5.32 Å². The SMILES string of the molecule is O=C(NCCC(=O)N(Cc1cccs1)c1ccc2c(c1)OCCO2)c1ccco1. The predicted molar refractivity (Wildman–Crippen MR) is 109 cm³/mol. The molecule has 150 valence electrons. The molecule has 1 aliphatic rings. The van der Waals surface area contributed by atoms with Crippen LogP contribution in [0.5, 0.6) is 11.5 Å². The number of ether oxygens (including phenoxy) is 2. The lowest BCUT2D eigenvalue weighted by atomic mass is 10.2. The van der Waals surface area contributed by atoms with Crippen LogP contribution in [0.4, 0.5) is 5.69 Å². The van der Waals surface area contributed by atoms with Crippen molar-refractivity contribution >= 4 is 28.8 Å². The fourth-order valence-electron chi connectivity index (χ4n) is 2.99. The second-order valence-electron chi connectivity index (χ2n) is 6.37. The van der Waals surface area contributed by atoms with E-state index in [0.29, 0.717) is 31.3 Å². The van der Waals surface area contributed by atoms with Gasteiger partial charge in [0, 0.05) is 29.6 Å². The number of anilines is 1. The van der Waals surface area contributed by atoms with Gasteiger partial charge in [0.15, 0.2) is 17.3 Å². The van der Waals surface area contributed by atoms with Crippen LogP contribution in [0, 0.1) is 0 Å². The summed E-state index contributed by atoms with van der Waals surface area (Å²) in [6.45, 7) is 1.65. The quantitative estimate of drug-likeness (QED) is 0.643. The fraction of sp³-hybridized carbons (Fsp3) is 0.238. The van der Waals surface area contributed by atoms with Crippen LogP contribution in [0.15, 0.2) is 58.5 Å². The lowest BCUT2D eigenvalue weighted by Crippen LogP contribution is -2.34. The van der Waals surface area contributed by atoms with Gasteiger partial charge in [-0.1, -0.05) is 6.07 Å². The van der Waals surface area contributed by atoms with Gasteiger partial charge in [0.25, 0.3) is 5.91 Å². The molecule has 1 aromatic carbocycles. The minimum Gasteiger partial charge on any atom is -0.486 e. The number of carbonyl (C=O) groups is 2. The highest BCUT2D eigenvalue weighted by Crippen LogP contribution is 2.34. The Morgan fingerprint density at radius 1 is 1.07 bits per heavy atom. The van der Waals surface area contributed by atoms with E-state index in [1.54, 1.807) is 28.4 Å². The number of rotatable bonds is 7. The molecule has 0 aliphatic carbocycles. The number of carbonyl (C=O) groups excluding carboxylic acids is 2. The maximum absolute atomic E-state index is 13.0. The summed E-state index contributed by atoms with van der Waals surface area (Å²) in [6.07, 6.45) is 1.59. The zero-order chi connectivity index (χ0) is 20.1. The molecule has 8 heteroatoms. The van der Waals surface area contributed by atoms with E-state index in [4.69, 9.17) is 13.9 Å². The maximum atomic E-state index is 13.0. The zero-order valence-electron chi connectivity index (χ0n) is 15.6. The van der Waals surface area contributed by atoms with Gasteiger partial charge in [0.1, 0.15) is 13.2 Å². The molecular weight excluding hydrogens is 392 g/mol. The van der Waals surface area contributed by atoms with Gasteiger partial charge in [-0.3, -0.25) is 9.59 Å². The summed E-state index contributed by atoms with van der Waals surface area (Å²) in [5.74, 6) is 1.08. The lowest BCUT2D eigenvalue weighted by molar-refractivity contribution is -0.118. The van der Waals surface area contributed by atoms with Gasteiger partial charge in [0.05, 0.1) is 12.8 Å². The third-order valence-electron chi connectivity index (χ3n) is 4.40. The molecule has 0 fully saturated rings. The number of benzene rings is 1. The minimum atomic E-state index is -0.341. The molecule has 2 aromatic heterocycles. The normalized spacial score (nSPS) is 12.4. The molecule has 0 spiro atoms. The van der Waals surface area contributed by atoms with E-state index in [0.717, 1.165) is 10.6 Å². The van der Waals surface area contributed by atoms with Gasteiger partial charge in [-0.2, -0.15) is 0 Å². The fourth-order valence-corrected chi connectivity index (χ4v) is 3.69. The molecule has 1 N–H and O–H groups in total. The first kappa shape index (κ1) is 19.1. The molecule has 0 unspecified atom stereocenters. The van der Waals surface area contributed by atoms with Gasteiger partial charge in [-0.15, -0.1) is 11.3 Å². The summed E-state index contributed by atoms with van der Waals surface area (Å²) in [5, 5.41) is 4.69. The molecule has 0 saturated heterocycles. The van der Waals surface area contributed by atoms with Crippen molar-refractivity contribution in [2.75, 3.05) is 24.7 Å². The van der Waals surface area contributed by atoms with Gasteiger partial charge < -0.3 is 24.1 Å². The summed E-state index contributed by atoms with van der Waals surface area (Å²) in [5.41, 5.74) is 0.727. The number of thiophene rings is 1. The van der Waals surface area contributed by atoms with E-state index in [9.17, 15) is 9.59 Å². The summed E-state index contributed by atoms with van der Waals surface area (Å²) >= 11 is 1.59. The molecule has 0 bridgehead atoms. The smallest absolute Gasteiger partial charge is 0.286 e. The van der Waals surface area contributed by atoms with Crippen LogP contribution in [0.1, 0.15) is 21.9 Å². The first-order valence-corrected chi connectivity index (χ1v) is 10.1. The van der Waals surface area contributed by atoms with Crippen LogP contribution in [0.3, 0.4) is 0 Å². The summed E-state index contributed by atoms with van der Waals surface area (Å²) in [7, 11) is 0. The average Bonchev–Trinajstić information content (AvgIpc) is 3.45. The predicted octanol–water partition coefficient (Wildman–Crippen LogP) is 3.47. The summed E-state index contributed by atoms with van der Waals surface area (Å²) in [4.78, 5) is 27.7. The van der Waals surface area contributed by atoms with Crippen LogP contribution in [0.25, 0.3) is 0 Å². The van der Waals surface area contributed by atoms with Crippen molar-refractivity contribution in [2.24, 2.45) is 0 Å². The van der Waals surface area contributed by atoms with Crippen molar-refractivity contribution in [3.05, 3.63) is 64.7 Å². The highest BCUT2D eigenvalue weighted by atomic mass is 32.1. The molecule has 3 heterocycles. The summed E-state index contributed by atoms with van der Waals surface area (Å²) < 4.78 is 16.3. The largest absolute Gasteiger partial charge is 0.486 e. The zero-order valence-corrected chi connectivity index (χ0v) is 16.4. The first-order valence-electron chi connectivity index (χ1n) is 9.25. The molecule has 0 radical (unpaired) electrons. The van der Waals surface area contributed by atoms with Crippen molar-refractivity contribution in [1.82, 2.24) is 5.32 Å². The number of nitrogens with one attached hydrogen (secondary N) is 1. The number of furan rings is 1. The lowest BCUT2D eigenvalue weighted by Gasteiger charge is -2.25. The molecule has 1 aliphatic heterocycles. The van der Waals surface area contributed by atoms with Crippen LogP contribution in [-0.2, 0) is 11.3 Å². The Labute approximate surface area is 171 Å². The minimum absolute atomic E-state index is 0.102.